The second kappa shape index (κ2) is 13.8. The fourth-order valence-electron chi connectivity index (χ4n) is 4.76. The molecular weight excluding hydrogens is 509 g/mol. The van der Waals surface area contributed by atoms with Crippen molar-refractivity contribution in [1.29, 1.82) is 10.5 Å². The van der Waals surface area contributed by atoms with Crippen LogP contribution in [0.5, 0.6) is 11.5 Å². The van der Waals surface area contributed by atoms with Crippen LogP contribution in [-0.4, -0.2) is 11.9 Å². The maximum absolute atomic E-state index is 13.4. The molecule has 4 rings (SSSR count). The zero-order valence-electron chi connectivity index (χ0n) is 22.0. The summed E-state index contributed by atoms with van der Waals surface area (Å²) in [5.41, 5.74) is -0.720. The summed E-state index contributed by atoms with van der Waals surface area (Å²) < 4.78 is 50.4. The molecule has 0 bridgehead atoms. The predicted molar refractivity (Wildman–Crippen MR) is 136 cm³/mol. The van der Waals surface area contributed by atoms with Crippen molar-refractivity contribution in [3.05, 3.63) is 58.9 Å². The first kappa shape index (κ1) is 29.7. The molecule has 6 nitrogen and oxygen atoms in total. The van der Waals surface area contributed by atoms with Gasteiger partial charge in [0.05, 0.1) is 17.4 Å². The molecule has 2 aromatic carbocycles. The largest absolute Gasteiger partial charge is 0.426 e. The van der Waals surface area contributed by atoms with Crippen LogP contribution in [0.1, 0.15) is 76.3 Å². The van der Waals surface area contributed by atoms with Gasteiger partial charge < -0.3 is 9.47 Å². The van der Waals surface area contributed by atoms with Crippen molar-refractivity contribution < 1.29 is 32.2 Å². The number of hydrogen-bond donors (Lipinski definition) is 0. The Kier molecular flexibility index (Phi) is 10.5. The Balaban J connectivity index is 0.000000216. The Morgan fingerprint density at radius 2 is 1.13 bits per heavy atom. The van der Waals surface area contributed by atoms with E-state index in [1.165, 1.54) is 18.2 Å². The van der Waals surface area contributed by atoms with Gasteiger partial charge >= 0.3 is 11.9 Å². The molecule has 0 aromatic heterocycles. The highest BCUT2D eigenvalue weighted by molar-refractivity contribution is 5.75. The molecule has 2 aliphatic carbocycles. The number of hydrogen-bond acceptors (Lipinski definition) is 6. The number of esters is 2. The number of ether oxygens (including phenoxy) is 2. The molecule has 0 aliphatic heterocycles. The number of carbonyl (C=O) groups is 2. The van der Waals surface area contributed by atoms with Crippen molar-refractivity contribution in [3.63, 3.8) is 0 Å². The van der Waals surface area contributed by atoms with Crippen LogP contribution in [0, 0.1) is 63.8 Å². The lowest BCUT2D eigenvalue weighted by Gasteiger charge is -2.24. The summed E-state index contributed by atoms with van der Waals surface area (Å²) in [5, 5.41) is 17.2. The maximum atomic E-state index is 13.4. The van der Waals surface area contributed by atoms with Gasteiger partial charge in [0.2, 0.25) is 0 Å². The molecule has 2 fully saturated rings. The smallest absolute Gasteiger partial charge is 0.314 e. The quantitative estimate of drug-likeness (QED) is 0.306. The van der Waals surface area contributed by atoms with E-state index in [0.717, 1.165) is 69.6 Å². The van der Waals surface area contributed by atoms with E-state index >= 15 is 0 Å². The van der Waals surface area contributed by atoms with Crippen molar-refractivity contribution >= 4 is 11.9 Å². The van der Waals surface area contributed by atoms with Gasteiger partial charge in [-0.1, -0.05) is 13.8 Å². The van der Waals surface area contributed by atoms with E-state index in [-0.39, 0.29) is 34.9 Å². The van der Waals surface area contributed by atoms with Crippen LogP contribution in [0.2, 0.25) is 0 Å². The van der Waals surface area contributed by atoms with Crippen LogP contribution in [0.25, 0.3) is 0 Å². The van der Waals surface area contributed by atoms with Gasteiger partial charge in [-0.25, -0.2) is 13.2 Å². The molecule has 0 spiro atoms. The lowest BCUT2D eigenvalue weighted by molar-refractivity contribution is -0.141. The molecular formula is C30H31F3N2O4. The molecule has 0 atom stereocenters. The van der Waals surface area contributed by atoms with Gasteiger partial charge in [0.25, 0.3) is 0 Å². The fourth-order valence-corrected chi connectivity index (χ4v) is 4.76. The second-order valence-electron chi connectivity index (χ2n) is 10.4. The van der Waals surface area contributed by atoms with Gasteiger partial charge in [-0.05, 0) is 75.3 Å². The molecule has 0 amide bonds. The fraction of sp³-hybridized carbons (Fsp3) is 0.467. The minimum atomic E-state index is -1.02. The molecule has 206 valence electrons. The molecule has 0 saturated heterocycles. The van der Waals surface area contributed by atoms with Gasteiger partial charge in [-0.3, -0.25) is 9.59 Å². The van der Waals surface area contributed by atoms with Crippen molar-refractivity contribution in [2.24, 2.45) is 23.7 Å². The Bertz CT molecular complexity index is 1240. The molecule has 2 aromatic rings. The van der Waals surface area contributed by atoms with Crippen molar-refractivity contribution in [2.75, 3.05) is 0 Å². The minimum absolute atomic E-state index is 0.0497. The summed E-state index contributed by atoms with van der Waals surface area (Å²) in [6.07, 6.45) is 7.11. The third kappa shape index (κ3) is 8.32. The highest BCUT2D eigenvalue weighted by atomic mass is 19.1. The Morgan fingerprint density at radius 3 is 1.54 bits per heavy atom. The SMILES string of the molecule is CC1CCC(C(=O)Oc2cc(F)c(C#N)c(F)c2)CC1.CC1CCC(C(=O)Oc2ccc(C#N)c(F)c2)CC1. The van der Waals surface area contributed by atoms with Crippen molar-refractivity contribution in [1.82, 2.24) is 0 Å². The molecule has 0 radical (unpaired) electrons. The van der Waals surface area contributed by atoms with Gasteiger partial charge in [0, 0.05) is 18.2 Å². The average molecular weight is 541 g/mol. The summed E-state index contributed by atoms with van der Waals surface area (Å²) >= 11 is 0. The van der Waals surface area contributed by atoms with Crippen LogP contribution in [0.3, 0.4) is 0 Å². The lowest BCUT2D eigenvalue weighted by atomic mass is 9.83. The van der Waals surface area contributed by atoms with Crippen LogP contribution in [0.15, 0.2) is 30.3 Å². The van der Waals surface area contributed by atoms with Gasteiger partial charge in [-0.2, -0.15) is 10.5 Å². The Labute approximate surface area is 226 Å². The van der Waals surface area contributed by atoms with E-state index in [9.17, 15) is 22.8 Å². The van der Waals surface area contributed by atoms with Crippen LogP contribution in [0.4, 0.5) is 13.2 Å². The molecule has 0 heterocycles. The zero-order chi connectivity index (χ0) is 28.5. The van der Waals surface area contributed by atoms with Crippen LogP contribution < -0.4 is 9.47 Å². The normalized spacial score (nSPS) is 22.3. The van der Waals surface area contributed by atoms with E-state index in [0.29, 0.717) is 11.8 Å². The third-order valence-corrected chi connectivity index (χ3v) is 7.32. The topological polar surface area (TPSA) is 100 Å². The summed E-state index contributed by atoms with van der Waals surface area (Å²) in [6, 6.07) is 8.74. The number of carbonyl (C=O) groups excluding carboxylic acids is 2. The van der Waals surface area contributed by atoms with Crippen molar-refractivity contribution in [2.45, 2.75) is 65.2 Å². The first-order valence-electron chi connectivity index (χ1n) is 13.1. The highest BCUT2D eigenvalue weighted by Gasteiger charge is 2.27. The molecule has 2 saturated carbocycles. The molecule has 2 aliphatic rings. The number of nitrogens with zero attached hydrogens (tertiary/aromatic N) is 2. The second-order valence-corrected chi connectivity index (χ2v) is 10.4. The summed E-state index contributed by atoms with van der Waals surface area (Å²) in [5.74, 6) is -2.52. The van der Waals surface area contributed by atoms with E-state index < -0.39 is 29.0 Å². The molecule has 9 heteroatoms. The minimum Gasteiger partial charge on any atom is -0.426 e. The van der Waals surface area contributed by atoms with Crippen molar-refractivity contribution in [3.8, 4) is 23.6 Å². The standard InChI is InChI=1S/C15H15F2NO2.C15H16FNO2/c1-9-2-4-10(5-3-9)15(19)20-11-6-13(16)12(8-18)14(17)7-11;1-10-2-4-11(5-3-10)15(18)19-13-7-6-12(9-17)14(16)8-13/h6-7,9-10H,2-5H2,1H3;6-8,10-11H,2-5H2,1H3. The number of nitriles is 2. The van der Waals surface area contributed by atoms with Crippen LogP contribution >= 0.6 is 0 Å². The monoisotopic (exact) mass is 540 g/mol. The maximum Gasteiger partial charge on any atom is 0.314 e. The third-order valence-electron chi connectivity index (χ3n) is 7.32. The van der Waals surface area contributed by atoms with E-state index in [2.05, 4.69) is 13.8 Å². The Morgan fingerprint density at radius 1 is 0.692 bits per heavy atom. The number of rotatable bonds is 4. The van der Waals surface area contributed by atoms with Gasteiger partial charge in [-0.15, -0.1) is 0 Å². The molecule has 39 heavy (non-hydrogen) atoms. The summed E-state index contributed by atoms with van der Waals surface area (Å²) in [6.45, 7) is 4.31. The van der Waals surface area contributed by atoms with E-state index in [1.54, 1.807) is 6.07 Å². The van der Waals surface area contributed by atoms with E-state index in [4.69, 9.17) is 20.0 Å². The number of benzene rings is 2. The van der Waals surface area contributed by atoms with E-state index in [1.807, 2.05) is 0 Å². The summed E-state index contributed by atoms with van der Waals surface area (Å²) in [4.78, 5) is 23.8. The zero-order valence-corrected chi connectivity index (χ0v) is 22.0. The highest BCUT2D eigenvalue weighted by Crippen LogP contribution is 2.31. The number of halogens is 3. The van der Waals surface area contributed by atoms with Gasteiger partial charge in [0.15, 0.2) is 0 Å². The first-order valence-corrected chi connectivity index (χ1v) is 13.1. The van der Waals surface area contributed by atoms with Crippen LogP contribution in [-0.2, 0) is 9.59 Å². The predicted octanol–water partition coefficient (Wildman–Crippen LogP) is 7.00. The Hall–Kier alpha value is -3.85. The van der Waals surface area contributed by atoms with Gasteiger partial charge in [0.1, 0.15) is 46.7 Å². The molecule has 0 N–H and O–H groups in total. The average Bonchev–Trinajstić information content (AvgIpc) is 2.90. The first-order chi connectivity index (χ1) is 18.6. The molecule has 0 unspecified atom stereocenters. The lowest BCUT2D eigenvalue weighted by Crippen LogP contribution is -2.25. The summed E-state index contributed by atoms with van der Waals surface area (Å²) in [7, 11) is 0.